The first-order valence-corrected chi connectivity index (χ1v) is 8.24. The second-order valence-electron chi connectivity index (χ2n) is 6.22. The number of hydrogen-bond donors (Lipinski definition) is 1. The number of carboxylic acids is 1. The first-order chi connectivity index (χ1) is 11.7. The zero-order chi connectivity index (χ0) is 16.5. The molecule has 4 rings (SSSR count). The van der Waals surface area contributed by atoms with E-state index in [0.717, 1.165) is 47.1 Å². The van der Waals surface area contributed by atoms with Crippen molar-refractivity contribution in [3.63, 3.8) is 0 Å². The second-order valence-corrected chi connectivity index (χ2v) is 6.22. The van der Waals surface area contributed by atoms with Gasteiger partial charge in [-0.1, -0.05) is 42.5 Å². The molecule has 0 saturated carbocycles. The van der Waals surface area contributed by atoms with Gasteiger partial charge < -0.3 is 9.52 Å². The number of aromatic carboxylic acids is 1. The van der Waals surface area contributed by atoms with Gasteiger partial charge in [-0.3, -0.25) is 0 Å². The Kier molecular flexibility index (Phi) is 3.69. The van der Waals surface area contributed by atoms with Crippen LogP contribution in [0.15, 0.2) is 59.0 Å². The number of para-hydroxylation sites is 1. The molecule has 3 aromatic rings. The number of furan rings is 1. The summed E-state index contributed by atoms with van der Waals surface area (Å²) in [6, 6.07) is 15.6. The fourth-order valence-electron chi connectivity index (χ4n) is 3.54. The number of benzene rings is 2. The van der Waals surface area contributed by atoms with Crippen molar-refractivity contribution in [1.82, 2.24) is 0 Å². The maximum Gasteiger partial charge on any atom is 0.336 e. The molecule has 0 radical (unpaired) electrons. The monoisotopic (exact) mass is 318 g/mol. The molecule has 1 aromatic heterocycles. The summed E-state index contributed by atoms with van der Waals surface area (Å²) in [5.74, 6) is 0.319. The van der Waals surface area contributed by atoms with E-state index >= 15 is 0 Å². The van der Waals surface area contributed by atoms with Crippen molar-refractivity contribution in [2.45, 2.75) is 25.2 Å². The van der Waals surface area contributed by atoms with Crippen LogP contribution in [0.4, 0.5) is 0 Å². The summed E-state index contributed by atoms with van der Waals surface area (Å²) in [6.45, 7) is 0. The van der Waals surface area contributed by atoms with Gasteiger partial charge in [0.1, 0.15) is 11.3 Å². The largest absolute Gasteiger partial charge is 0.478 e. The van der Waals surface area contributed by atoms with E-state index in [1.807, 2.05) is 36.4 Å². The van der Waals surface area contributed by atoms with Crippen LogP contribution in [0, 0.1) is 0 Å². The molecular weight excluding hydrogens is 300 g/mol. The molecule has 1 heterocycles. The molecule has 1 atom stereocenters. The van der Waals surface area contributed by atoms with Crippen LogP contribution < -0.4 is 0 Å². The Morgan fingerprint density at radius 2 is 2.00 bits per heavy atom. The first kappa shape index (κ1) is 14.8. The number of fused-ring (bicyclic) bond motifs is 2. The molecule has 3 heteroatoms. The van der Waals surface area contributed by atoms with Gasteiger partial charge in [0, 0.05) is 17.7 Å². The molecule has 0 amide bonds. The molecule has 1 aliphatic rings. The highest BCUT2D eigenvalue weighted by Crippen LogP contribution is 2.36. The van der Waals surface area contributed by atoms with Gasteiger partial charge in [-0.15, -0.1) is 0 Å². The van der Waals surface area contributed by atoms with Crippen LogP contribution in [0.1, 0.15) is 46.0 Å². The third kappa shape index (κ3) is 2.62. The fourth-order valence-corrected chi connectivity index (χ4v) is 3.54. The third-order valence-corrected chi connectivity index (χ3v) is 4.66. The van der Waals surface area contributed by atoms with Crippen LogP contribution >= 0.6 is 0 Å². The standard InChI is InChI=1S/C21H18O3/c22-21(23)18-9-4-7-15-12-11-14(20(15)18)6-3-8-17-13-16-5-1-2-10-19(16)24-17/h1-2,4-5,7,9-14H,3,6,8H2,(H,22,23). The number of aryl methyl sites for hydroxylation is 1. The molecule has 120 valence electrons. The van der Waals surface area contributed by atoms with Crippen LogP contribution in [0.5, 0.6) is 0 Å². The van der Waals surface area contributed by atoms with E-state index in [2.05, 4.69) is 18.2 Å². The Morgan fingerprint density at radius 3 is 2.83 bits per heavy atom. The topological polar surface area (TPSA) is 50.4 Å². The van der Waals surface area contributed by atoms with E-state index in [4.69, 9.17) is 4.42 Å². The van der Waals surface area contributed by atoms with Gasteiger partial charge in [-0.05, 0) is 42.2 Å². The molecule has 24 heavy (non-hydrogen) atoms. The highest BCUT2D eigenvalue weighted by molar-refractivity contribution is 5.92. The lowest BCUT2D eigenvalue weighted by Crippen LogP contribution is -2.06. The molecule has 3 nitrogen and oxygen atoms in total. The molecule has 0 fully saturated rings. The van der Waals surface area contributed by atoms with Crippen LogP contribution in [0.3, 0.4) is 0 Å². The number of hydrogen-bond acceptors (Lipinski definition) is 2. The van der Waals surface area contributed by atoms with Gasteiger partial charge >= 0.3 is 5.97 Å². The van der Waals surface area contributed by atoms with Crippen molar-refractivity contribution in [3.05, 3.63) is 77.1 Å². The van der Waals surface area contributed by atoms with Gasteiger partial charge in [0.05, 0.1) is 5.56 Å². The van der Waals surface area contributed by atoms with E-state index in [1.165, 1.54) is 0 Å². The lowest BCUT2D eigenvalue weighted by Gasteiger charge is -2.13. The predicted molar refractivity (Wildman–Crippen MR) is 94.3 cm³/mol. The maximum absolute atomic E-state index is 11.5. The molecule has 2 aromatic carbocycles. The highest BCUT2D eigenvalue weighted by Gasteiger charge is 2.23. The van der Waals surface area contributed by atoms with Crippen LogP contribution in [0.2, 0.25) is 0 Å². The summed E-state index contributed by atoms with van der Waals surface area (Å²) in [4.78, 5) is 11.5. The molecule has 1 unspecified atom stereocenters. The summed E-state index contributed by atoms with van der Waals surface area (Å²) in [5.41, 5.74) is 3.33. The zero-order valence-electron chi connectivity index (χ0n) is 13.2. The van der Waals surface area contributed by atoms with Crippen molar-refractivity contribution < 1.29 is 14.3 Å². The van der Waals surface area contributed by atoms with Gasteiger partial charge in [-0.2, -0.15) is 0 Å². The number of allylic oxidation sites excluding steroid dienone is 1. The second kappa shape index (κ2) is 6.00. The zero-order valence-corrected chi connectivity index (χ0v) is 13.2. The summed E-state index contributed by atoms with van der Waals surface area (Å²) >= 11 is 0. The van der Waals surface area contributed by atoms with E-state index in [1.54, 1.807) is 6.07 Å². The van der Waals surface area contributed by atoms with Crippen molar-refractivity contribution in [1.29, 1.82) is 0 Å². The summed E-state index contributed by atoms with van der Waals surface area (Å²) in [5, 5.41) is 10.5. The normalized spacial score (nSPS) is 15.8. The Morgan fingerprint density at radius 1 is 1.12 bits per heavy atom. The van der Waals surface area contributed by atoms with Gasteiger partial charge in [-0.25, -0.2) is 4.79 Å². The number of carboxylic acid groups (broad SMARTS) is 1. The number of carbonyl (C=O) groups is 1. The SMILES string of the molecule is O=C(O)c1cccc2c1C(CCCc1cc3ccccc3o1)C=C2. The summed E-state index contributed by atoms with van der Waals surface area (Å²) < 4.78 is 5.85. The average Bonchev–Trinajstić information content (AvgIpc) is 3.18. The highest BCUT2D eigenvalue weighted by atomic mass is 16.4. The molecule has 0 aliphatic heterocycles. The quantitative estimate of drug-likeness (QED) is 0.697. The third-order valence-electron chi connectivity index (χ3n) is 4.66. The van der Waals surface area contributed by atoms with Crippen molar-refractivity contribution in [3.8, 4) is 0 Å². The van der Waals surface area contributed by atoms with Crippen molar-refractivity contribution in [2.24, 2.45) is 0 Å². The Bertz CT molecular complexity index is 900. The molecule has 0 bridgehead atoms. The smallest absolute Gasteiger partial charge is 0.336 e. The fraction of sp³-hybridized carbons (Fsp3) is 0.190. The summed E-state index contributed by atoms with van der Waals surface area (Å²) in [6.07, 6.45) is 6.90. The Hall–Kier alpha value is -2.81. The van der Waals surface area contributed by atoms with Crippen molar-refractivity contribution in [2.75, 3.05) is 0 Å². The van der Waals surface area contributed by atoms with E-state index in [9.17, 15) is 9.90 Å². The lowest BCUT2D eigenvalue weighted by molar-refractivity contribution is 0.0695. The molecule has 1 aliphatic carbocycles. The minimum absolute atomic E-state index is 0.177. The first-order valence-electron chi connectivity index (χ1n) is 8.24. The van der Waals surface area contributed by atoms with Crippen LogP contribution in [-0.4, -0.2) is 11.1 Å². The molecule has 0 spiro atoms. The van der Waals surface area contributed by atoms with Crippen molar-refractivity contribution >= 4 is 23.0 Å². The van der Waals surface area contributed by atoms with Crippen LogP contribution in [-0.2, 0) is 6.42 Å². The minimum atomic E-state index is -0.849. The summed E-state index contributed by atoms with van der Waals surface area (Å²) in [7, 11) is 0. The Labute approximate surface area is 140 Å². The maximum atomic E-state index is 11.5. The van der Waals surface area contributed by atoms with E-state index < -0.39 is 5.97 Å². The lowest BCUT2D eigenvalue weighted by atomic mass is 9.91. The molecule has 0 saturated heterocycles. The Balaban J connectivity index is 1.46. The predicted octanol–water partition coefficient (Wildman–Crippen LogP) is 5.26. The van der Waals surface area contributed by atoms with E-state index in [0.29, 0.717) is 5.56 Å². The van der Waals surface area contributed by atoms with Gasteiger partial charge in [0.25, 0.3) is 0 Å². The van der Waals surface area contributed by atoms with Gasteiger partial charge in [0.2, 0.25) is 0 Å². The number of rotatable bonds is 5. The molecular formula is C21H18O3. The van der Waals surface area contributed by atoms with Gasteiger partial charge in [0.15, 0.2) is 0 Å². The molecule has 1 N–H and O–H groups in total. The average molecular weight is 318 g/mol. The van der Waals surface area contributed by atoms with E-state index in [-0.39, 0.29) is 5.92 Å². The van der Waals surface area contributed by atoms with Crippen LogP contribution in [0.25, 0.3) is 17.0 Å². The minimum Gasteiger partial charge on any atom is -0.478 e.